The van der Waals surface area contributed by atoms with E-state index in [2.05, 4.69) is 15.5 Å². The van der Waals surface area contributed by atoms with Gasteiger partial charge in [0.15, 0.2) is 0 Å². The van der Waals surface area contributed by atoms with Gasteiger partial charge >= 0.3 is 0 Å². The Kier molecular flexibility index (Phi) is 6.14. The summed E-state index contributed by atoms with van der Waals surface area (Å²) in [7, 11) is 1.72. The van der Waals surface area contributed by atoms with Crippen LogP contribution in [0.3, 0.4) is 0 Å². The van der Waals surface area contributed by atoms with Crippen LogP contribution in [0, 0.1) is 5.92 Å². The zero-order chi connectivity index (χ0) is 21.1. The van der Waals surface area contributed by atoms with Crippen molar-refractivity contribution in [1.82, 2.24) is 24.9 Å². The molecule has 3 aromatic rings. The number of nitrogens with zero attached hydrogens (tertiary/aromatic N) is 4. The predicted molar refractivity (Wildman–Crippen MR) is 110 cm³/mol. The van der Waals surface area contributed by atoms with Gasteiger partial charge in [-0.2, -0.15) is 14.9 Å². The summed E-state index contributed by atoms with van der Waals surface area (Å²) in [5.74, 6) is -0.569. The first kappa shape index (κ1) is 20.8. The molecule has 8 nitrogen and oxygen atoms in total. The van der Waals surface area contributed by atoms with Gasteiger partial charge < -0.3 is 10.4 Å². The van der Waals surface area contributed by atoms with Gasteiger partial charge in [0.2, 0.25) is 0 Å². The summed E-state index contributed by atoms with van der Waals surface area (Å²) in [6, 6.07) is 7.91. The van der Waals surface area contributed by atoms with E-state index in [1.165, 1.54) is 12.3 Å². The van der Waals surface area contributed by atoms with E-state index in [0.717, 1.165) is 4.68 Å². The van der Waals surface area contributed by atoms with Gasteiger partial charge in [0, 0.05) is 17.6 Å². The van der Waals surface area contributed by atoms with Crippen LogP contribution in [0.5, 0.6) is 0 Å². The molecule has 0 bridgehead atoms. The van der Waals surface area contributed by atoms with Crippen LogP contribution in [0.1, 0.15) is 24.2 Å². The third kappa shape index (κ3) is 4.55. The lowest BCUT2D eigenvalue weighted by Crippen LogP contribution is -2.43. The Morgan fingerprint density at radius 2 is 1.97 bits per heavy atom. The van der Waals surface area contributed by atoms with E-state index in [1.807, 2.05) is 13.8 Å². The van der Waals surface area contributed by atoms with Gasteiger partial charge in [0.1, 0.15) is 11.3 Å². The number of benzene rings is 1. The average molecular weight is 416 g/mol. The fraction of sp³-hybridized carbons (Fsp3) is 0.300. The Hall–Kier alpha value is -2.97. The highest BCUT2D eigenvalue weighted by Crippen LogP contribution is 2.20. The molecule has 9 heteroatoms. The van der Waals surface area contributed by atoms with Crippen molar-refractivity contribution in [1.29, 1.82) is 0 Å². The molecule has 0 aliphatic heterocycles. The van der Waals surface area contributed by atoms with Gasteiger partial charge in [0.25, 0.3) is 11.5 Å². The molecule has 1 atom stereocenters. The van der Waals surface area contributed by atoms with Crippen molar-refractivity contribution in [3.8, 4) is 16.9 Å². The summed E-state index contributed by atoms with van der Waals surface area (Å²) in [5.41, 5.74) is 0.913. The third-order valence-electron chi connectivity index (χ3n) is 4.55. The Balaban J connectivity index is 2.13. The maximum atomic E-state index is 13.0. The fourth-order valence-corrected chi connectivity index (χ4v) is 2.91. The molecule has 0 spiro atoms. The molecule has 152 valence electrons. The van der Waals surface area contributed by atoms with Crippen molar-refractivity contribution in [3.05, 3.63) is 63.7 Å². The fourth-order valence-electron chi connectivity index (χ4n) is 2.78. The highest BCUT2D eigenvalue weighted by Gasteiger charge is 2.22. The minimum absolute atomic E-state index is 0.00192. The summed E-state index contributed by atoms with van der Waals surface area (Å²) < 4.78 is 2.69. The molecule has 1 amide bonds. The molecule has 1 aromatic carbocycles. The van der Waals surface area contributed by atoms with Crippen LogP contribution in [0.25, 0.3) is 16.9 Å². The SMILES string of the molecule is CC(C)[C@@H](CO)NC(=O)c1cc(-c2ccc(Cl)cc2)nn(-c2cnn(C)c2)c1=O. The number of halogens is 1. The number of hydrogen-bond acceptors (Lipinski definition) is 5. The summed E-state index contributed by atoms with van der Waals surface area (Å²) in [6.45, 7) is 3.52. The number of aryl methyl sites for hydroxylation is 1. The molecular formula is C20H22ClN5O3. The zero-order valence-corrected chi connectivity index (χ0v) is 17.1. The largest absolute Gasteiger partial charge is 0.394 e. The molecule has 0 aliphatic carbocycles. The van der Waals surface area contributed by atoms with Crippen molar-refractivity contribution in [2.24, 2.45) is 13.0 Å². The van der Waals surface area contributed by atoms with Crippen molar-refractivity contribution in [2.75, 3.05) is 6.61 Å². The van der Waals surface area contributed by atoms with Crippen LogP contribution in [-0.2, 0) is 7.05 Å². The summed E-state index contributed by atoms with van der Waals surface area (Å²) in [5, 5.41) is 21.3. The number of amides is 1. The molecule has 0 radical (unpaired) electrons. The molecule has 0 fully saturated rings. The first-order valence-corrected chi connectivity index (χ1v) is 9.49. The molecule has 3 rings (SSSR count). The molecule has 0 saturated heterocycles. The maximum Gasteiger partial charge on any atom is 0.284 e. The Morgan fingerprint density at radius 1 is 1.28 bits per heavy atom. The summed E-state index contributed by atoms with van der Waals surface area (Å²) in [6.07, 6.45) is 3.12. The first-order valence-electron chi connectivity index (χ1n) is 9.11. The Bertz CT molecular complexity index is 1070. The Morgan fingerprint density at radius 3 is 2.52 bits per heavy atom. The van der Waals surface area contributed by atoms with Crippen LogP contribution in [0.4, 0.5) is 0 Å². The van der Waals surface area contributed by atoms with Gasteiger partial charge in [-0.15, -0.1) is 0 Å². The molecule has 0 aliphatic rings. The number of aliphatic hydroxyl groups is 1. The molecule has 29 heavy (non-hydrogen) atoms. The third-order valence-corrected chi connectivity index (χ3v) is 4.80. The number of carbonyl (C=O) groups excluding carboxylic acids is 1. The monoisotopic (exact) mass is 415 g/mol. The van der Waals surface area contributed by atoms with Crippen LogP contribution < -0.4 is 10.9 Å². The number of rotatable bonds is 6. The second-order valence-electron chi connectivity index (χ2n) is 7.05. The van der Waals surface area contributed by atoms with Crippen molar-refractivity contribution in [2.45, 2.75) is 19.9 Å². The van der Waals surface area contributed by atoms with E-state index in [0.29, 0.717) is 22.0 Å². The predicted octanol–water partition coefficient (Wildman–Crippen LogP) is 2.03. The highest BCUT2D eigenvalue weighted by molar-refractivity contribution is 6.30. The Labute approximate surface area is 172 Å². The number of aromatic nitrogens is 4. The van der Waals surface area contributed by atoms with E-state index in [1.54, 1.807) is 42.2 Å². The first-order chi connectivity index (χ1) is 13.8. The van der Waals surface area contributed by atoms with Gasteiger partial charge in [-0.3, -0.25) is 14.3 Å². The van der Waals surface area contributed by atoms with Crippen LogP contribution in [-0.4, -0.2) is 43.2 Å². The smallest absolute Gasteiger partial charge is 0.284 e. The quantitative estimate of drug-likeness (QED) is 0.641. The molecule has 2 N–H and O–H groups in total. The average Bonchev–Trinajstić information content (AvgIpc) is 3.12. The van der Waals surface area contributed by atoms with E-state index >= 15 is 0 Å². The van der Waals surface area contributed by atoms with Gasteiger partial charge in [-0.25, -0.2) is 0 Å². The number of aliphatic hydroxyl groups excluding tert-OH is 1. The second kappa shape index (κ2) is 8.59. The number of hydrogen-bond donors (Lipinski definition) is 2. The normalized spacial score (nSPS) is 12.2. The van der Waals surface area contributed by atoms with Gasteiger partial charge in [0.05, 0.1) is 30.7 Å². The van der Waals surface area contributed by atoms with E-state index in [-0.39, 0.29) is 18.1 Å². The molecular weight excluding hydrogens is 394 g/mol. The summed E-state index contributed by atoms with van der Waals surface area (Å²) >= 11 is 5.96. The lowest BCUT2D eigenvalue weighted by atomic mass is 10.0. The zero-order valence-electron chi connectivity index (χ0n) is 16.3. The summed E-state index contributed by atoms with van der Waals surface area (Å²) in [4.78, 5) is 25.9. The minimum atomic E-state index is -0.575. The highest BCUT2D eigenvalue weighted by atomic mass is 35.5. The number of carbonyl (C=O) groups is 1. The van der Waals surface area contributed by atoms with Crippen LogP contribution >= 0.6 is 11.6 Å². The van der Waals surface area contributed by atoms with E-state index in [4.69, 9.17) is 11.6 Å². The molecule has 0 unspecified atom stereocenters. The van der Waals surface area contributed by atoms with Gasteiger partial charge in [-0.1, -0.05) is 37.6 Å². The van der Waals surface area contributed by atoms with Crippen molar-refractivity contribution in [3.63, 3.8) is 0 Å². The lowest BCUT2D eigenvalue weighted by molar-refractivity contribution is 0.0894. The van der Waals surface area contributed by atoms with E-state index < -0.39 is 17.5 Å². The standard InChI is InChI=1S/C20H22ClN5O3/c1-12(2)18(11-27)23-19(28)16-8-17(13-4-6-14(21)7-5-13)24-26(20(16)29)15-9-22-25(3)10-15/h4-10,12,18,27H,11H2,1-3H3,(H,23,28)/t18-/m1/s1. The lowest BCUT2D eigenvalue weighted by Gasteiger charge is -2.20. The topological polar surface area (TPSA) is 102 Å². The minimum Gasteiger partial charge on any atom is -0.394 e. The molecule has 0 saturated carbocycles. The maximum absolute atomic E-state index is 13.0. The number of nitrogens with one attached hydrogen (secondary N) is 1. The van der Waals surface area contributed by atoms with E-state index in [9.17, 15) is 14.7 Å². The van der Waals surface area contributed by atoms with Crippen molar-refractivity contribution < 1.29 is 9.90 Å². The van der Waals surface area contributed by atoms with Crippen molar-refractivity contribution >= 4 is 17.5 Å². The molecule has 2 heterocycles. The van der Waals surface area contributed by atoms with Crippen LogP contribution in [0.15, 0.2) is 47.5 Å². The second-order valence-corrected chi connectivity index (χ2v) is 7.48. The van der Waals surface area contributed by atoms with Gasteiger partial charge in [-0.05, 0) is 24.1 Å². The van der Waals surface area contributed by atoms with Crippen LogP contribution in [0.2, 0.25) is 5.02 Å². The molecule has 2 aromatic heterocycles.